The van der Waals surface area contributed by atoms with Crippen molar-refractivity contribution in [3.63, 3.8) is 0 Å². The van der Waals surface area contributed by atoms with Gasteiger partial charge in [-0.3, -0.25) is 4.99 Å². The van der Waals surface area contributed by atoms with E-state index in [2.05, 4.69) is 25.6 Å². The first-order valence-corrected chi connectivity index (χ1v) is 10.6. The number of pyridine rings is 1. The van der Waals surface area contributed by atoms with Gasteiger partial charge in [-0.25, -0.2) is 22.1 Å². The third kappa shape index (κ3) is 3.64. The van der Waals surface area contributed by atoms with Crippen molar-refractivity contribution in [2.24, 2.45) is 4.99 Å². The van der Waals surface area contributed by atoms with Gasteiger partial charge in [0.05, 0.1) is 17.8 Å². The van der Waals surface area contributed by atoms with Gasteiger partial charge in [-0.1, -0.05) is 11.6 Å². The van der Waals surface area contributed by atoms with Gasteiger partial charge in [0, 0.05) is 42.5 Å². The van der Waals surface area contributed by atoms with E-state index in [4.69, 9.17) is 11.6 Å². The third-order valence-electron chi connectivity index (χ3n) is 4.61. The molecule has 4 rings (SSSR count). The molecule has 0 aliphatic carbocycles. The number of hydrogen-bond acceptors (Lipinski definition) is 6. The van der Waals surface area contributed by atoms with E-state index < -0.39 is 15.9 Å². The monoisotopic (exact) mass is 412 g/mol. The number of aliphatic imine (C=N–C) groups is 1. The Balaban J connectivity index is 1.52. The largest absolute Gasteiger partial charge is 0.365 e. The van der Waals surface area contributed by atoms with E-state index in [9.17, 15) is 12.8 Å². The fourth-order valence-corrected chi connectivity index (χ4v) is 4.29. The smallest absolute Gasteiger partial charge is 0.211 e. The molecule has 1 saturated heterocycles. The molecule has 1 atom stereocenters. The van der Waals surface area contributed by atoms with E-state index in [1.807, 2.05) is 0 Å². The Morgan fingerprint density at radius 1 is 1.44 bits per heavy atom. The minimum absolute atomic E-state index is 0.103. The molecule has 0 saturated carbocycles. The van der Waals surface area contributed by atoms with Crippen LogP contribution in [-0.2, 0) is 10.0 Å². The zero-order valence-electron chi connectivity index (χ0n) is 14.5. The van der Waals surface area contributed by atoms with Crippen LogP contribution in [0.2, 0.25) is 5.02 Å². The normalized spacial score (nSPS) is 21.4. The minimum atomic E-state index is -3.25. The highest BCUT2D eigenvalue weighted by atomic mass is 35.5. The van der Waals surface area contributed by atoms with Crippen LogP contribution >= 0.6 is 11.6 Å². The molecular formula is C16H18ClFN6O2S. The predicted molar refractivity (Wildman–Crippen MR) is 102 cm³/mol. The van der Waals surface area contributed by atoms with Gasteiger partial charge >= 0.3 is 0 Å². The number of aromatic amines is 1. The second-order valence-corrected chi connectivity index (χ2v) is 8.99. The number of amidine groups is 1. The number of rotatable bonds is 4. The van der Waals surface area contributed by atoms with Crippen molar-refractivity contribution in [2.75, 3.05) is 25.9 Å². The maximum atomic E-state index is 14.3. The molecule has 2 aromatic heterocycles. The van der Waals surface area contributed by atoms with Crippen molar-refractivity contribution in [1.29, 1.82) is 0 Å². The Bertz CT molecular complexity index is 1060. The number of fused-ring (bicyclic) bond motifs is 1. The molecule has 2 aromatic rings. The van der Waals surface area contributed by atoms with Crippen LogP contribution in [0.5, 0.6) is 0 Å². The van der Waals surface area contributed by atoms with Crippen LogP contribution in [0.3, 0.4) is 0 Å². The molecule has 0 radical (unpaired) electrons. The molecule has 8 nitrogen and oxygen atoms in total. The van der Waals surface area contributed by atoms with Crippen LogP contribution in [0.25, 0.3) is 11.0 Å². The van der Waals surface area contributed by atoms with E-state index in [0.717, 1.165) is 10.9 Å². The van der Waals surface area contributed by atoms with Crippen molar-refractivity contribution >= 4 is 38.5 Å². The van der Waals surface area contributed by atoms with E-state index in [1.54, 1.807) is 18.5 Å². The Hall–Kier alpha value is -2.17. The molecule has 2 aliphatic rings. The topological polar surface area (TPSA) is 102 Å². The maximum absolute atomic E-state index is 14.3. The van der Waals surface area contributed by atoms with Crippen molar-refractivity contribution in [2.45, 2.75) is 12.5 Å². The van der Waals surface area contributed by atoms with Gasteiger partial charge in [-0.2, -0.15) is 0 Å². The summed E-state index contributed by atoms with van der Waals surface area (Å²) in [6.45, 7) is 0.614. The first-order chi connectivity index (χ1) is 12.8. The number of hydrogen-bond donors (Lipinski definition) is 3. The number of nitrogens with one attached hydrogen (secondary N) is 3. The number of H-pyrrole nitrogens is 1. The lowest BCUT2D eigenvalue weighted by atomic mass is 10.2. The van der Waals surface area contributed by atoms with Crippen LogP contribution < -0.4 is 10.6 Å². The number of nitrogens with zero attached hydrogens (tertiary/aromatic N) is 3. The van der Waals surface area contributed by atoms with Gasteiger partial charge in [0.1, 0.15) is 17.3 Å². The standard InChI is InChI=1S/C16H18ClFN6O2S/c1-27(25,26)24-3-2-10(8-24)22-16-13(18)7-21-15(23-16)12-6-20-14-11(12)4-9(17)5-19-14/h4-6,10,22H,2-3,7-8H2,1H3,(H,19,20)(H,21,23)/t10-/m0/s1. The van der Waals surface area contributed by atoms with Crippen LogP contribution in [0.1, 0.15) is 12.0 Å². The molecule has 0 spiro atoms. The van der Waals surface area contributed by atoms with Gasteiger partial charge in [-0.15, -0.1) is 0 Å². The molecule has 11 heteroatoms. The van der Waals surface area contributed by atoms with Gasteiger partial charge in [0.25, 0.3) is 0 Å². The first kappa shape index (κ1) is 18.2. The quantitative estimate of drug-likeness (QED) is 0.703. The van der Waals surface area contributed by atoms with E-state index in [-0.39, 0.29) is 18.4 Å². The Morgan fingerprint density at radius 2 is 2.26 bits per heavy atom. The molecule has 0 bridgehead atoms. The molecule has 0 amide bonds. The van der Waals surface area contributed by atoms with Crippen LogP contribution in [0.4, 0.5) is 4.39 Å². The van der Waals surface area contributed by atoms with Crippen molar-refractivity contribution in [3.8, 4) is 0 Å². The average molecular weight is 413 g/mol. The molecular weight excluding hydrogens is 395 g/mol. The highest BCUT2D eigenvalue weighted by Gasteiger charge is 2.30. The first-order valence-electron chi connectivity index (χ1n) is 8.36. The van der Waals surface area contributed by atoms with E-state index in [0.29, 0.717) is 36.0 Å². The van der Waals surface area contributed by atoms with Crippen molar-refractivity contribution in [3.05, 3.63) is 40.7 Å². The van der Waals surface area contributed by atoms with Gasteiger partial charge < -0.3 is 15.6 Å². The molecule has 0 unspecified atom stereocenters. The fraction of sp³-hybridized carbons (Fsp3) is 0.375. The molecule has 0 aromatic carbocycles. The highest BCUT2D eigenvalue weighted by molar-refractivity contribution is 7.88. The molecule has 27 heavy (non-hydrogen) atoms. The zero-order valence-corrected chi connectivity index (χ0v) is 16.0. The van der Waals surface area contributed by atoms with Crippen LogP contribution in [0, 0.1) is 0 Å². The summed E-state index contributed by atoms with van der Waals surface area (Å²) in [5, 5.41) is 7.33. The Labute approximate surface area is 160 Å². The third-order valence-corrected chi connectivity index (χ3v) is 6.09. The molecule has 144 valence electrons. The summed E-state index contributed by atoms with van der Waals surface area (Å²) in [5.74, 6) is 0.282. The minimum Gasteiger partial charge on any atom is -0.365 e. The SMILES string of the molecule is CS(=O)(=O)N1CC[C@H](NC2=C(F)CN=C(c3c[nH]c4ncc(Cl)cc34)N2)C1. The van der Waals surface area contributed by atoms with Crippen molar-refractivity contribution < 1.29 is 12.8 Å². The summed E-state index contributed by atoms with van der Waals surface area (Å²) >= 11 is 6.03. The lowest BCUT2D eigenvalue weighted by Crippen LogP contribution is -2.42. The molecule has 2 aliphatic heterocycles. The van der Waals surface area contributed by atoms with Crippen LogP contribution in [0.15, 0.2) is 35.1 Å². The number of halogens is 2. The van der Waals surface area contributed by atoms with Gasteiger partial charge in [0.15, 0.2) is 5.83 Å². The average Bonchev–Trinajstić information content (AvgIpc) is 3.23. The predicted octanol–water partition coefficient (Wildman–Crippen LogP) is 1.33. The molecule has 4 heterocycles. The highest BCUT2D eigenvalue weighted by Crippen LogP contribution is 2.23. The second kappa shape index (κ2) is 6.77. The van der Waals surface area contributed by atoms with E-state index >= 15 is 0 Å². The summed E-state index contributed by atoms with van der Waals surface area (Å²) < 4.78 is 39.0. The van der Waals surface area contributed by atoms with Gasteiger partial charge in [-0.05, 0) is 12.5 Å². The second-order valence-electron chi connectivity index (χ2n) is 6.57. The zero-order chi connectivity index (χ0) is 19.2. The lowest BCUT2D eigenvalue weighted by molar-refractivity contribution is 0.464. The summed E-state index contributed by atoms with van der Waals surface area (Å²) in [4.78, 5) is 11.5. The van der Waals surface area contributed by atoms with Crippen LogP contribution in [-0.4, -0.2) is 60.5 Å². The molecule has 3 N–H and O–H groups in total. The number of sulfonamides is 1. The summed E-state index contributed by atoms with van der Waals surface area (Å²) in [7, 11) is -3.25. The number of aromatic nitrogens is 2. The van der Waals surface area contributed by atoms with Gasteiger partial charge in [0.2, 0.25) is 10.0 Å². The Kier molecular flexibility index (Phi) is 4.57. The lowest BCUT2D eigenvalue weighted by Gasteiger charge is -2.23. The summed E-state index contributed by atoms with van der Waals surface area (Å²) in [5.41, 5.74) is 1.39. The Morgan fingerprint density at radius 3 is 3.00 bits per heavy atom. The summed E-state index contributed by atoms with van der Waals surface area (Å²) in [6, 6.07) is 1.59. The van der Waals surface area contributed by atoms with Crippen molar-refractivity contribution in [1.82, 2.24) is 24.9 Å². The summed E-state index contributed by atoms with van der Waals surface area (Å²) in [6.07, 6.45) is 5.06. The maximum Gasteiger partial charge on any atom is 0.211 e. The molecule has 1 fully saturated rings. The van der Waals surface area contributed by atoms with E-state index in [1.165, 1.54) is 10.6 Å². The fourth-order valence-electron chi connectivity index (χ4n) is 3.25.